The van der Waals surface area contributed by atoms with Crippen LogP contribution in [0.15, 0.2) is 0 Å². The lowest BCUT2D eigenvalue weighted by molar-refractivity contribution is -0.139. The molecule has 0 aromatic rings. The molecular formula is C10H18N2O. The lowest BCUT2D eigenvalue weighted by Crippen LogP contribution is -2.68. The maximum absolute atomic E-state index is 11.8. The molecule has 0 aromatic heterocycles. The number of nitrogens with zero attached hydrogens (tertiary/aromatic N) is 1. The lowest BCUT2D eigenvalue weighted by Gasteiger charge is -2.48. The molecule has 3 rings (SSSR count). The van der Waals surface area contributed by atoms with Crippen LogP contribution in [0.1, 0.15) is 26.7 Å². The molecule has 2 bridgehead atoms. The van der Waals surface area contributed by atoms with Crippen molar-refractivity contribution in [2.75, 3.05) is 13.1 Å². The van der Waals surface area contributed by atoms with Gasteiger partial charge in [-0.3, -0.25) is 4.79 Å². The zero-order valence-electron chi connectivity index (χ0n) is 8.42. The third-order valence-electron chi connectivity index (χ3n) is 3.27. The molecule has 13 heavy (non-hydrogen) atoms. The minimum atomic E-state index is 0.206. The number of carbonyl (C=O) groups excluding carboxylic acids is 1. The van der Waals surface area contributed by atoms with Crippen LogP contribution < -0.4 is 5.32 Å². The van der Waals surface area contributed by atoms with E-state index in [-0.39, 0.29) is 5.92 Å². The van der Waals surface area contributed by atoms with Gasteiger partial charge in [-0.25, -0.2) is 0 Å². The highest BCUT2D eigenvalue weighted by atomic mass is 16.2. The highest BCUT2D eigenvalue weighted by Gasteiger charge is 2.38. The van der Waals surface area contributed by atoms with E-state index in [9.17, 15) is 4.79 Å². The number of carbonyl (C=O) groups is 1. The first-order valence-corrected chi connectivity index (χ1v) is 5.25. The van der Waals surface area contributed by atoms with Gasteiger partial charge in [-0.15, -0.1) is 0 Å². The van der Waals surface area contributed by atoms with E-state index in [1.807, 2.05) is 11.8 Å². The smallest absolute Gasteiger partial charge is 0.225 e. The molecule has 3 aliphatic heterocycles. The molecule has 1 N–H and O–H groups in total. The fourth-order valence-electron chi connectivity index (χ4n) is 2.18. The Morgan fingerprint density at radius 3 is 2.54 bits per heavy atom. The topological polar surface area (TPSA) is 32.3 Å². The molecule has 3 saturated heterocycles. The fourth-order valence-corrected chi connectivity index (χ4v) is 2.18. The van der Waals surface area contributed by atoms with Crippen LogP contribution in [0, 0.1) is 5.92 Å². The summed E-state index contributed by atoms with van der Waals surface area (Å²) in [6.07, 6.45) is 2.22. The zero-order valence-corrected chi connectivity index (χ0v) is 8.42. The third-order valence-corrected chi connectivity index (χ3v) is 3.27. The van der Waals surface area contributed by atoms with Crippen molar-refractivity contribution in [3.63, 3.8) is 0 Å². The van der Waals surface area contributed by atoms with E-state index in [2.05, 4.69) is 12.2 Å². The number of nitrogens with one attached hydrogen (secondary N) is 1. The van der Waals surface area contributed by atoms with Gasteiger partial charge in [-0.2, -0.15) is 0 Å². The van der Waals surface area contributed by atoms with Crippen LogP contribution >= 0.6 is 0 Å². The molecule has 1 unspecified atom stereocenters. The second kappa shape index (κ2) is 3.29. The number of amides is 1. The normalized spacial score (nSPS) is 33.8. The molecule has 3 aliphatic rings. The minimum absolute atomic E-state index is 0.206. The van der Waals surface area contributed by atoms with Gasteiger partial charge in [0.25, 0.3) is 0 Å². The molecule has 0 spiro atoms. The number of piperazine rings is 1. The molecule has 3 heterocycles. The fraction of sp³-hybridized carbons (Fsp3) is 0.900. The largest absolute Gasteiger partial charge is 0.339 e. The second-order valence-electron chi connectivity index (χ2n) is 4.35. The monoisotopic (exact) mass is 182 g/mol. The molecule has 0 aromatic carbocycles. The summed E-state index contributed by atoms with van der Waals surface area (Å²) >= 11 is 0. The van der Waals surface area contributed by atoms with Gasteiger partial charge in [0.2, 0.25) is 5.91 Å². The Labute approximate surface area is 79.5 Å². The van der Waals surface area contributed by atoms with Crippen LogP contribution in [0.2, 0.25) is 0 Å². The Bertz CT molecular complexity index is 201. The molecule has 3 fully saturated rings. The summed E-state index contributed by atoms with van der Waals surface area (Å²) < 4.78 is 0. The van der Waals surface area contributed by atoms with Crippen molar-refractivity contribution in [1.82, 2.24) is 10.2 Å². The van der Waals surface area contributed by atoms with Crippen LogP contribution in [-0.2, 0) is 4.79 Å². The average molecular weight is 182 g/mol. The van der Waals surface area contributed by atoms with E-state index < -0.39 is 0 Å². The SMILES string of the molecule is CCC(C)C(=O)N1C[C@H]2C[C@@H](C1)N2. The molecule has 3 nitrogen and oxygen atoms in total. The van der Waals surface area contributed by atoms with Crippen LogP contribution in [-0.4, -0.2) is 36.0 Å². The number of piperidine rings is 1. The first-order valence-electron chi connectivity index (χ1n) is 5.25. The van der Waals surface area contributed by atoms with Crippen LogP contribution in [0.3, 0.4) is 0 Å². The maximum atomic E-state index is 11.8. The quantitative estimate of drug-likeness (QED) is 0.678. The molecule has 74 valence electrons. The van der Waals surface area contributed by atoms with Gasteiger partial charge in [0.05, 0.1) is 0 Å². The number of rotatable bonds is 2. The molecule has 0 aliphatic carbocycles. The van der Waals surface area contributed by atoms with Crippen LogP contribution in [0.5, 0.6) is 0 Å². The van der Waals surface area contributed by atoms with Gasteiger partial charge >= 0.3 is 0 Å². The van der Waals surface area contributed by atoms with Crippen molar-refractivity contribution in [2.24, 2.45) is 5.92 Å². The Balaban J connectivity index is 1.90. The molecule has 0 saturated carbocycles. The summed E-state index contributed by atoms with van der Waals surface area (Å²) in [5.41, 5.74) is 0. The summed E-state index contributed by atoms with van der Waals surface area (Å²) in [5.74, 6) is 0.552. The highest BCUT2D eigenvalue weighted by molar-refractivity contribution is 5.78. The first kappa shape index (κ1) is 9.00. The van der Waals surface area contributed by atoms with Crippen molar-refractivity contribution < 1.29 is 4.79 Å². The van der Waals surface area contributed by atoms with Gasteiger partial charge in [-0.1, -0.05) is 13.8 Å². The Morgan fingerprint density at radius 2 is 2.08 bits per heavy atom. The van der Waals surface area contributed by atoms with Crippen molar-refractivity contribution in [3.8, 4) is 0 Å². The van der Waals surface area contributed by atoms with Gasteiger partial charge in [0.1, 0.15) is 0 Å². The van der Waals surface area contributed by atoms with Crippen LogP contribution in [0.25, 0.3) is 0 Å². The Morgan fingerprint density at radius 1 is 1.54 bits per heavy atom. The van der Waals surface area contributed by atoms with Gasteiger partial charge in [-0.05, 0) is 12.8 Å². The van der Waals surface area contributed by atoms with Gasteiger partial charge in [0.15, 0.2) is 0 Å². The van der Waals surface area contributed by atoms with Crippen molar-refractivity contribution in [1.29, 1.82) is 0 Å². The van der Waals surface area contributed by atoms with Gasteiger partial charge < -0.3 is 10.2 Å². The van der Waals surface area contributed by atoms with Crippen molar-refractivity contribution in [3.05, 3.63) is 0 Å². The molecule has 3 heteroatoms. The summed E-state index contributed by atoms with van der Waals surface area (Å²) in [4.78, 5) is 13.8. The van der Waals surface area contributed by atoms with Crippen LogP contribution in [0.4, 0.5) is 0 Å². The number of fused-ring (bicyclic) bond motifs is 2. The summed E-state index contributed by atoms with van der Waals surface area (Å²) in [6.45, 7) is 5.96. The van der Waals surface area contributed by atoms with E-state index in [0.717, 1.165) is 19.5 Å². The van der Waals surface area contributed by atoms with Crippen molar-refractivity contribution in [2.45, 2.75) is 38.8 Å². The summed E-state index contributed by atoms with van der Waals surface area (Å²) in [5, 5.41) is 3.43. The first-order chi connectivity index (χ1) is 6.20. The lowest BCUT2D eigenvalue weighted by atomic mass is 9.90. The Hall–Kier alpha value is -0.570. The van der Waals surface area contributed by atoms with E-state index in [4.69, 9.17) is 0 Å². The van der Waals surface area contributed by atoms with Crippen molar-refractivity contribution >= 4 is 5.91 Å². The molecule has 0 radical (unpaired) electrons. The van der Waals surface area contributed by atoms with E-state index in [1.54, 1.807) is 0 Å². The Kier molecular flexibility index (Phi) is 2.28. The highest BCUT2D eigenvalue weighted by Crippen LogP contribution is 2.22. The van der Waals surface area contributed by atoms with Gasteiger partial charge in [0, 0.05) is 31.1 Å². The van der Waals surface area contributed by atoms with E-state index >= 15 is 0 Å². The zero-order chi connectivity index (χ0) is 9.42. The number of hydrogen-bond acceptors (Lipinski definition) is 2. The standard InChI is InChI=1S/C10H18N2O/c1-3-7(2)10(13)12-5-8-4-9(6-12)11-8/h7-9,11H,3-6H2,1-2H3/t7?,8-,9+. The summed E-state index contributed by atoms with van der Waals surface area (Å²) in [7, 11) is 0. The number of hydrogen-bond donors (Lipinski definition) is 1. The van der Waals surface area contributed by atoms with E-state index in [1.165, 1.54) is 6.42 Å². The average Bonchev–Trinajstić information content (AvgIpc) is 2.14. The minimum Gasteiger partial charge on any atom is -0.339 e. The maximum Gasteiger partial charge on any atom is 0.225 e. The van der Waals surface area contributed by atoms with E-state index in [0.29, 0.717) is 18.0 Å². The predicted molar refractivity (Wildman–Crippen MR) is 51.4 cm³/mol. The molecule has 3 atom stereocenters. The predicted octanol–water partition coefficient (Wildman–Crippen LogP) is 0.605. The molecule has 1 amide bonds. The molecular weight excluding hydrogens is 164 g/mol. The third kappa shape index (κ3) is 1.57. The summed E-state index contributed by atoms with van der Waals surface area (Å²) in [6, 6.07) is 1.18. The second-order valence-corrected chi connectivity index (χ2v) is 4.35.